The maximum Gasteiger partial charge on any atom is 0.326 e. The summed E-state index contributed by atoms with van der Waals surface area (Å²) in [5, 5.41) is 30.0. The summed E-state index contributed by atoms with van der Waals surface area (Å²) in [5.41, 5.74) is 0.447. The van der Waals surface area contributed by atoms with Gasteiger partial charge in [-0.15, -0.1) is 0 Å². The van der Waals surface area contributed by atoms with E-state index >= 15 is 0 Å². The SMILES string of the molecule is O=C(O)CCC(=O)NCCOCCOCCOCCOCCOCCOCCOCCOCCOCCOCCOCCOCCOCCOCCOCCOCCOCCOCCOCCOCCOCCOCCOCCOCCC(=O)NCCC1(C(=O)N[C@@H](Cc2ccc(NC(=O)c3c(Cl)cccc3Cl)cc2)C(=O)O)CCCC1. The molecule has 38 heteroatoms. The van der Waals surface area contributed by atoms with Crippen molar-refractivity contribution in [1.82, 2.24) is 16.0 Å². The van der Waals surface area contributed by atoms with Gasteiger partial charge in [-0.3, -0.25) is 24.0 Å². The van der Waals surface area contributed by atoms with Crippen molar-refractivity contribution in [2.75, 3.05) is 336 Å². The standard InChI is InChI=1S/C79H132Cl2N4O32/c80-69-4-3-5-70(81)75(69)76(90)84-68-8-6-67(7-9-68)66-71(77(91)92)85-78(93)79(13-1-2-14-79)15-16-82-73(87)12-18-94-20-22-96-24-26-98-28-30-100-32-34-102-36-38-104-40-42-106-44-46-108-48-50-110-52-54-112-56-58-114-60-62-116-64-65-117-63-61-115-59-57-113-55-53-111-51-49-109-47-45-107-43-41-105-39-37-103-35-33-101-31-29-99-27-25-97-23-21-95-19-17-83-72(86)10-11-74(88)89/h3-9,71H,1-2,10-66H2,(H,82,87)(H,83,86)(H,84,90)(H,85,93)(H,88,89)(H,91,92)/t71-/m0/s1. The fourth-order valence-corrected chi connectivity index (χ4v) is 11.0. The van der Waals surface area contributed by atoms with E-state index in [4.69, 9.17) is 142 Å². The van der Waals surface area contributed by atoms with Crippen LogP contribution in [0, 0.1) is 5.41 Å². The fraction of sp³-hybridized carbons (Fsp3) is 0.772. The molecule has 0 unspecified atom stereocenters. The van der Waals surface area contributed by atoms with Gasteiger partial charge < -0.3 is 145 Å². The van der Waals surface area contributed by atoms with Gasteiger partial charge in [0.05, 0.1) is 345 Å². The molecule has 1 saturated carbocycles. The van der Waals surface area contributed by atoms with Crippen molar-refractivity contribution in [2.45, 2.75) is 63.8 Å². The smallest absolute Gasteiger partial charge is 0.326 e. The van der Waals surface area contributed by atoms with Crippen LogP contribution in [-0.2, 0) is 144 Å². The number of amides is 4. The Kier molecular flexibility index (Phi) is 70.8. The third kappa shape index (κ3) is 63.5. The van der Waals surface area contributed by atoms with E-state index in [0.29, 0.717) is 348 Å². The van der Waals surface area contributed by atoms with Crippen molar-refractivity contribution in [3.05, 3.63) is 63.6 Å². The lowest BCUT2D eigenvalue weighted by molar-refractivity contribution is -0.144. The molecule has 1 fully saturated rings. The maximum absolute atomic E-state index is 13.7. The van der Waals surface area contributed by atoms with Crippen LogP contribution in [0.15, 0.2) is 42.5 Å². The fourth-order valence-electron chi connectivity index (χ4n) is 10.4. The maximum atomic E-state index is 13.7. The van der Waals surface area contributed by atoms with E-state index in [1.54, 1.807) is 42.5 Å². The second kappa shape index (κ2) is 78.2. The number of carbonyl (C=O) groups is 6. The first kappa shape index (κ1) is 106. The van der Waals surface area contributed by atoms with Crippen molar-refractivity contribution < 1.29 is 153 Å². The molecular formula is C79H132Cl2N4O32. The van der Waals surface area contributed by atoms with Gasteiger partial charge >= 0.3 is 11.9 Å². The highest BCUT2D eigenvalue weighted by atomic mass is 35.5. The minimum Gasteiger partial charge on any atom is -0.481 e. The van der Waals surface area contributed by atoms with Crippen molar-refractivity contribution in [3.8, 4) is 0 Å². The van der Waals surface area contributed by atoms with E-state index in [0.717, 1.165) is 12.8 Å². The van der Waals surface area contributed by atoms with Crippen LogP contribution in [0.2, 0.25) is 10.0 Å². The number of benzene rings is 2. The zero-order chi connectivity index (χ0) is 83.9. The number of carboxylic acid groups (broad SMARTS) is 2. The van der Waals surface area contributed by atoms with E-state index in [-0.39, 0.29) is 72.2 Å². The molecule has 1 aliphatic rings. The van der Waals surface area contributed by atoms with Crippen molar-refractivity contribution in [1.29, 1.82) is 0 Å². The first-order valence-corrected chi connectivity index (χ1v) is 41.1. The molecular weight excluding hydrogens is 1590 g/mol. The highest BCUT2D eigenvalue weighted by Crippen LogP contribution is 2.41. The van der Waals surface area contributed by atoms with E-state index in [1.165, 1.54) is 0 Å². The quantitative estimate of drug-likeness (QED) is 0.0505. The van der Waals surface area contributed by atoms with Gasteiger partial charge in [-0.1, -0.05) is 54.2 Å². The van der Waals surface area contributed by atoms with E-state index in [9.17, 15) is 33.9 Å². The highest BCUT2D eigenvalue weighted by Gasteiger charge is 2.42. The molecule has 6 N–H and O–H groups in total. The lowest BCUT2D eigenvalue weighted by Crippen LogP contribution is -2.49. The van der Waals surface area contributed by atoms with E-state index in [1.807, 2.05) is 0 Å². The highest BCUT2D eigenvalue weighted by molar-refractivity contribution is 6.40. The third-order valence-corrected chi connectivity index (χ3v) is 17.2. The summed E-state index contributed by atoms with van der Waals surface area (Å²) in [6, 6.07) is 10.2. The number of anilines is 1. The Morgan fingerprint density at radius 3 is 0.880 bits per heavy atom. The Balaban J connectivity index is 0.899. The number of ether oxygens (including phenoxy) is 24. The Hall–Kier alpha value is -5.12. The third-order valence-electron chi connectivity index (χ3n) is 16.6. The summed E-state index contributed by atoms with van der Waals surface area (Å²) >= 11 is 12.3. The van der Waals surface area contributed by atoms with Gasteiger partial charge in [-0.25, -0.2) is 4.79 Å². The molecule has 0 radical (unpaired) electrons. The zero-order valence-electron chi connectivity index (χ0n) is 68.2. The number of hydrogen-bond acceptors (Lipinski definition) is 30. The average Bonchev–Trinajstić information content (AvgIpc) is 1.75. The summed E-state index contributed by atoms with van der Waals surface area (Å²) in [6.45, 7) is 21.4. The van der Waals surface area contributed by atoms with Gasteiger partial charge in [0.1, 0.15) is 6.04 Å². The van der Waals surface area contributed by atoms with Crippen LogP contribution in [0.3, 0.4) is 0 Å². The van der Waals surface area contributed by atoms with Crippen LogP contribution in [-0.4, -0.2) is 382 Å². The number of nitrogens with one attached hydrogen (secondary N) is 4. The Morgan fingerprint density at radius 1 is 0.333 bits per heavy atom. The van der Waals surface area contributed by atoms with E-state index in [2.05, 4.69) is 21.3 Å². The van der Waals surface area contributed by atoms with Gasteiger partial charge in [0.15, 0.2) is 0 Å². The molecule has 0 aromatic heterocycles. The molecule has 1 atom stereocenters. The minimum absolute atomic E-state index is 0.0246. The monoisotopic (exact) mass is 1720 g/mol. The second-order valence-corrected chi connectivity index (χ2v) is 26.4. The second-order valence-electron chi connectivity index (χ2n) is 25.6. The molecule has 2 aromatic carbocycles. The van der Waals surface area contributed by atoms with Crippen LogP contribution in [0.4, 0.5) is 5.69 Å². The number of carbonyl (C=O) groups excluding carboxylic acids is 4. The predicted octanol–water partition coefficient (Wildman–Crippen LogP) is 4.19. The summed E-state index contributed by atoms with van der Waals surface area (Å²) in [7, 11) is 0. The summed E-state index contributed by atoms with van der Waals surface area (Å²) in [4.78, 5) is 73.2. The molecule has 674 valence electrons. The first-order valence-electron chi connectivity index (χ1n) is 40.4. The van der Waals surface area contributed by atoms with Gasteiger partial charge in [-0.05, 0) is 49.1 Å². The van der Waals surface area contributed by atoms with Crippen LogP contribution < -0.4 is 21.3 Å². The van der Waals surface area contributed by atoms with E-state index < -0.39 is 29.3 Å². The number of rotatable bonds is 88. The van der Waals surface area contributed by atoms with Crippen LogP contribution in [0.25, 0.3) is 0 Å². The summed E-state index contributed by atoms with van der Waals surface area (Å²) in [6.07, 6.45) is 3.12. The minimum atomic E-state index is -1.19. The molecule has 0 spiro atoms. The van der Waals surface area contributed by atoms with Crippen molar-refractivity contribution >= 4 is 64.5 Å². The van der Waals surface area contributed by atoms with Gasteiger partial charge in [-0.2, -0.15) is 0 Å². The number of hydrogen-bond donors (Lipinski definition) is 6. The number of halogens is 2. The summed E-state index contributed by atoms with van der Waals surface area (Å²) in [5.74, 6) is -3.54. The lowest BCUT2D eigenvalue weighted by Gasteiger charge is -2.29. The molecule has 3 rings (SSSR count). The number of carboxylic acids is 2. The molecule has 0 bridgehead atoms. The molecule has 0 aliphatic heterocycles. The molecule has 1 aliphatic carbocycles. The summed E-state index contributed by atoms with van der Waals surface area (Å²) < 4.78 is 132. The Labute approximate surface area is 698 Å². The van der Waals surface area contributed by atoms with Crippen LogP contribution in [0.5, 0.6) is 0 Å². The molecule has 0 saturated heterocycles. The van der Waals surface area contributed by atoms with Crippen molar-refractivity contribution in [3.63, 3.8) is 0 Å². The topological polar surface area (TPSA) is 413 Å². The number of aliphatic carboxylic acids is 2. The predicted molar refractivity (Wildman–Crippen MR) is 427 cm³/mol. The molecule has 4 amide bonds. The normalized spacial score (nSPS) is 12.8. The molecule has 36 nitrogen and oxygen atoms in total. The average molecular weight is 1720 g/mol. The van der Waals surface area contributed by atoms with Gasteiger partial charge in [0.2, 0.25) is 17.7 Å². The van der Waals surface area contributed by atoms with Gasteiger partial charge in [0.25, 0.3) is 5.91 Å². The lowest BCUT2D eigenvalue weighted by atomic mass is 9.81. The Bertz CT molecular complexity index is 2700. The van der Waals surface area contributed by atoms with Crippen LogP contribution in [0.1, 0.15) is 67.3 Å². The Morgan fingerprint density at radius 2 is 0.598 bits per heavy atom. The molecule has 117 heavy (non-hydrogen) atoms. The molecule has 2 aromatic rings. The van der Waals surface area contributed by atoms with Crippen molar-refractivity contribution in [2.24, 2.45) is 5.41 Å². The first-order chi connectivity index (χ1) is 57.4. The van der Waals surface area contributed by atoms with Gasteiger partial charge in [0, 0.05) is 38.0 Å². The van der Waals surface area contributed by atoms with Crippen LogP contribution >= 0.6 is 23.2 Å². The largest absolute Gasteiger partial charge is 0.481 e. The zero-order valence-corrected chi connectivity index (χ0v) is 69.7. The molecule has 0 heterocycles.